The van der Waals surface area contributed by atoms with Crippen molar-refractivity contribution in [3.05, 3.63) is 189 Å². The van der Waals surface area contributed by atoms with Crippen molar-refractivity contribution in [1.82, 2.24) is 39.7 Å². The Bertz CT molecular complexity index is 4580. The first-order chi connectivity index (χ1) is 52.5. The second-order valence-electron chi connectivity index (χ2n) is 32.4. The van der Waals surface area contributed by atoms with Gasteiger partial charge in [0.25, 0.3) is 0 Å². The van der Waals surface area contributed by atoms with Crippen LogP contribution in [-0.4, -0.2) is 148 Å². The van der Waals surface area contributed by atoms with E-state index in [2.05, 4.69) is 91.9 Å². The zero-order valence-electron chi connectivity index (χ0n) is 64.4. The molecule has 4 fully saturated rings. The lowest BCUT2D eigenvalue weighted by Crippen LogP contribution is -2.46. The van der Waals surface area contributed by atoms with Gasteiger partial charge in [-0.3, -0.25) is 14.7 Å². The van der Waals surface area contributed by atoms with Crippen LogP contribution in [0.15, 0.2) is 122 Å². The summed E-state index contributed by atoms with van der Waals surface area (Å²) in [5.41, 5.74) is 23.6. The van der Waals surface area contributed by atoms with Gasteiger partial charge in [0.05, 0.1) is 73.2 Å². The summed E-state index contributed by atoms with van der Waals surface area (Å²) in [5.74, 6) is 4.36. The molecule has 8 aliphatic rings. The zero-order chi connectivity index (χ0) is 76.2. The van der Waals surface area contributed by atoms with Crippen molar-refractivity contribution in [1.29, 1.82) is 0 Å². The molecule has 24 heteroatoms. The molecule has 10 heterocycles. The molecule has 1 amide bonds. The number of methoxy groups -OCH3 is 2. The maximum absolute atomic E-state index is 15.0. The molecule has 8 atom stereocenters. The number of carbonyl (C=O) groups is 1. The van der Waals surface area contributed by atoms with Crippen LogP contribution < -0.4 is 50.0 Å². The van der Waals surface area contributed by atoms with E-state index in [9.17, 15) is 18.7 Å². The molecular weight excluding hydrogens is 1380 g/mol. The van der Waals surface area contributed by atoms with Gasteiger partial charge in [0.1, 0.15) is 60.3 Å². The van der Waals surface area contributed by atoms with Crippen molar-refractivity contribution in [3.63, 3.8) is 0 Å². The van der Waals surface area contributed by atoms with Gasteiger partial charge in [0, 0.05) is 118 Å². The number of nitrogens with two attached hydrogens (primary N) is 2. The summed E-state index contributed by atoms with van der Waals surface area (Å²) in [7, 11) is 7.40. The third-order valence-electron chi connectivity index (χ3n) is 24.6. The molecule has 0 unspecified atom stereocenters. The number of halogens is 2. The second-order valence-corrected chi connectivity index (χ2v) is 32.4. The quantitative estimate of drug-likeness (QED) is 0.0601. The number of aryl methyl sites for hydroxylation is 2. The van der Waals surface area contributed by atoms with Crippen molar-refractivity contribution in [3.8, 4) is 23.5 Å². The molecule has 4 aromatic carbocycles. The Hall–Kier alpha value is -9.49. The highest BCUT2D eigenvalue weighted by Crippen LogP contribution is 2.51. The average Bonchev–Trinajstić information content (AvgIpc) is 1.70. The molecule has 576 valence electrons. The maximum Gasteiger partial charge on any atom is 0.412 e. The third kappa shape index (κ3) is 14.9. The number of hydrogen-bond acceptors (Lipinski definition) is 20. The van der Waals surface area contributed by atoms with Crippen LogP contribution in [0.1, 0.15) is 178 Å². The summed E-state index contributed by atoms with van der Waals surface area (Å²) in [6.45, 7) is 15.1. The van der Waals surface area contributed by atoms with Crippen molar-refractivity contribution in [2.45, 2.75) is 203 Å². The summed E-state index contributed by atoms with van der Waals surface area (Å²) in [6, 6.07) is 36.7. The number of hydrogen-bond donors (Lipinski definition) is 3. The summed E-state index contributed by atoms with van der Waals surface area (Å²) in [4.78, 5) is 54.9. The number of benzene rings is 4. The number of rotatable bonds is 20. The normalized spacial score (nSPS) is 23.8. The Balaban J connectivity index is 0.000000192. The highest BCUT2D eigenvalue weighted by molar-refractivity contribution is 5.88. The SMILES string of the molecule is COc1ccc(CN(Cc2ccc(OC)cc2)c2ncccc2[C@@H](C)N(C)c2nc(OC[C@@]34CCCN3C[C@H](F)C4)nc3c2CO[C@@]2(CCCc4ccc(N(C(=O)O)C(C)(C)C)cc42)C3)cc1.C[C@H](c1cccnc1N)N(C)c1nc(OC[C@@]23CCCN2C[C@H](F)C3)nc2c1CO[C@@]1(CCCc3ccc(N)cc31)C2. The van der Waals surface area contributed by atoms with Crippen LogP contribution in [0.4, 0.5) is 48.2 Å². The lowest BCUT2D eigenvalue weighted by molar-refractivity contribution is -0.0857. The van der Waals surface area contributed by atoms with Crippen LogP contribution in [0, 0.1) is 0 Å². The minimum absolute atomic E-state index is 0.109. The van der Waals surface area contributed by atoms with Crippen LogP contribution >= 0.6 is 0 Å². The summed E-state index contributed by atoms with van der Waals surface area (Å²) in [5, 5.41) is 10.4. The molecule has 4 aromatic heterocycles. The van der Waals surface area contributed by atoms with E-state index in [1.165, 1.54) is 10.5 Å². The van der Waals surface area contributed by atoms with Crippen LogP contribution in [0.25, 0.3) is 0 Å². The monoisotopic (exact) mass is 1490 g/mol. The first-order valence-electron chi connectivity index (χ1n) is 38.7. The standard InChI is InChI=1S/C53H64FN7O6.C32H40FN7O2/c1-35(43-12-9-25-55-47(43)59(30-36-13-19-41(64-6)20-14-36)31-37-15-21-42(65-7)22-16-37)58(5)48-44-33-67-53(24-8-11-38-17-18-40(27-45(38)53)61(50(62)63)51(2,3)4)29-46(44)56-49(57-48)66-34-52-23-10-26-60(52)32-39(54)28-52;1-20(24-7-4-12-36-28(24)35)39(2)29-25-18-42-32(11-3-6-21-8-9-23(34)14-26(21)32)16-27(25)37-30(38-29)41-19-31-10-5-13-40(31)17-22(33)15-31/h9,12-22,25,27,35,39H,8,10-11,23-24,26,28-34H2,1-7H3,(H,62,63);4,7-9,12,14,20,22H,3,5-6,10-11,13,15-19,34H2,1-2H3,(H2,35,36)/t35-,39-,52+,53+;20-,22-,31+,32+/m11/s1. The molecule has 0 saturated carbocycles. The van der Waals surface area contributed by atoms with E-state index >= 15 is 0 Å². The van der Waals surface area contributed by atoms with E-state index in [4.69, 9.17) is 64.8 Å². The van der Waals surface area contributed by atoms with E-state index in [0.29, 0.717) is 95.0 Å². The number of aromatic nitrogens is 6. The Kier molecular flexibility index (Phi) is 20.9. The van der Waals surface area contributed by atoms with E-state index < -0.39 is 35.2 Å². The van der Waals surface area contributed by atoms with Crippen LogP contribution in [0.2, 0.25) is 0 Å². The van der Waals surface area contributed by atoms with Gasteiger partial charge in [0.15, 0.2) is 0 Å². The van der Waals surface area contributed by atoms with Crippen molar-refractivity contribution in [2.24, 2.45) is 0 Å². The molecular formula is C85H104F2N14O8. The fourth-order valence-corrected chi connectivity index (χ4v) is 18.8. The molecule has 4 saturated heterocycles. The predicted molar refractivity (Wildman–Crippen MR) is 417 cm³/mol. The van der Waals surface area contributed by atoms with E-state index in [0.717, 1.165) is 168 Å². The number of carboxylic acid groups (broad SMARTS) is 1. The number of amides is 1. The van der Waals surface area contributed by atoms with Crippen LogP contribution in [0.3, 0.4) is 0 Å². The van der Waals surface area contributed by atoms with E-state index in [1.807, 2.05) is 102 Å². The summed E-state index contributed by atoms with van der Waals surface area (Å²) >= 11 is 0. The van der Waals surface area contributed by atoms with Gasteiger partial charge in [0.2, 0.25) is 0 Å². The number of alkyl halides is 2. The Morgan fingerprint density at radius 3 is 1.61 bits per heavy atom. The van der Waals surface area contributed by atoms with Gasteiger partial charge in [-0.25, -0.2) is 23.5 Å². The van der Waals surface area contributed by atoms with Gasteiger partial charge < -0.3 is 59.7 Å². The highest BCUT2D eigenvalue weighted by Gasteiger charge is 2.52. The number of nitrogen functional groups attached to an aromatic ring is 2. The molecule has 2 aliphatic carbocycles. The van der Waals surface area contributed by atoms with Crippen molar-refractivity contribution in [2.75, 3.05) is 98.8 Å². The molecule has 2 spiro atoms. The van der Waals surface area contributed by atoms with Crippen LogP contribution in [-0.2, 0) is 72.7 Å². The van der Waals surface area contributed by atoms with E-state index in [-0.39, 0.29) is 35.8 Å². The zero-order valence-corrected chi connectivity index (χ0v) is 64.4. The van der Waals surface area contributed by atoms with Crippen molar-refractivity contribution >= 4 is 40.7 Å². The number of pyridine rings is 2. The Morgan fingerprint density at radius 1 is 0.624 bits per heavy atom. The topological polar surface area (TPSA) is 242 Å². The largest absolute Gasteiger partial charge is 0.497 e. The number of nitrogens with zero attached hydrogens (tertiary/aromatic N) is 12. The average molecular weight is 1490 g/mol. The van der Waals surface area contributed by atoms with Gasteiger partial charge in [-0.1, -0.05) is 48.5 Å². The molecule has 0 bridgehead atoms. The molecule has 6 aliphatic heterocycles. The predicted octanol–water partition coefficient (Wildman–Crippen LogP) is 14.3. The molecule has 8 aromatic rings. The Morgan fingerprint density at radius 2 is 1.11 bits per heavy atom. The fourth-order valence-electron chi connectivity index (χ4n) is 18.8. The van der Waals surface area contributed by atoms with E-state index in [1.54, 1.807) is 20.4 Å². The lowest BCUT2D eigenvalue weighted by Gasteiger charge is -2.44. The first-order valence-corrected chi connectivity index (χ1v) is 38.7. The van der Waals surface area contributed by atoms with Gasteiger partial charge in [-0.05, 0) is 206 Å². The van der Waals surface area contributed by atoms with Crippen molar-refractivity contribution < 1.29 is 47.1 Å². The number of ether oxygens (including phenoxy) is 6. The highest BCUT2D eigenvalue weighted by atomic mass is 19.1. The smallest absolute Gasteiger partial charge is 0.412 e. The molecule has 5 N–H and O–H groups in total. The minimum Gasteiger partial charge on any atom is -0.497 e. The molecule has 109 heavy (non-hydrogen) atoms. The Labute approximate surface area is 638 Å². The third-order valence-corrected chi connectivity index (χ3v) is 24.6. The molecule has 22 nitrogen and oxygen atoms in total. The second kappa shape index (κ2) is 30.4. The van der Waals surface area contributed by atoms with Gasteiger partial charge >= 0.3 is 18.1 Å². The number of fused-ring (bicyclic) bond motifs is 8. The van der Waals surface area contributed by atoms with Gasteiger partial charge in [-0.2, -0.15) is 19.9 Å². The first kappa shape index (κ1) is 74.9. The summed E-state index contributed by atoms with van der Waals surface area (Å²) in [6.07, 6.45) is 12.2. The fraction of sp³-hybridized carbons (Fsp3) is 0.494. The molecule has 0 radical (unpaired) electrons. The number of anilines is 6. The maximum atomic E-state index is 15.0. The lowest BCUT2D eigenvalue weighted by atomic mass is 9.74. The van der Waals surface area contributed by atoms with Crippen LogP contribution in [0.5, 0.6) is 23.5 Å². The van der Waals surface area contributed by atoms with Gasteiger partial charge in [-0.15, -0.1) is 0 Å². The summed E-state index contributed by atoms with van der Waals surface area (Å²) < 4.78 is 67.3. The molecule has 16 rings (SSSR count). The minimum atomic E-state index is -1.01.